The van der Waals surface area contributed by atoms with Crippen molar-refractivity contribution >= 4 is 67.5 Å². The van der Waals surface area contributed by atoms with Crippen molar-refractivity contribution in [3.8, 4) is 11.4 Å². The van der Waals surface area contributed by atoms with Crippen molar-refractivity contribution in [2.75, 3.05) is 9.80 Å². The number of hydrogen-bond acceptors (Lipinski definition) is 2. The smallest absolute Gasteiger partial charge is 0.0539 e. The van der Waals surface area contributed by atoms with Crippen LogP contribution in [0.25, 0.3) is 56.1 Å². The first-order valence-electron chi connectivity index (χ1n) is 23.0. The molecule has 0 atom stereocenters. The van der Waals surface area contributed by atoms with E-state index in [1.807, 2.05) is 24.3 Å². The van der Waals surface area contributed by atoms with Crippen molar-refractivity contribution in [1.82, 2.24) is 9.13 Å². The molecule has 0 fully saturated rings. The van der Waals surface area contributed by atoms with Crippen LogP contribution in [0.1, 0.15) is 41.9 Å². The average molecular weight is 869 g/mol. The van der Waals surface area contributed by atoms with Crippen molar-refractivity contribution < 1.29 is 0 Å². The van der Waals surface area contributed by atoms with Crippen LogP contribution < -0.4 is 9.80 Å². The van der Waals surface area contributed by atoms with Crippen LogP contribution in [-0.2, 0) is 6.42 Å². The van der Waals surface area contributed by atoms with E-state index in [0.29, 0.717) is 6.42 Å². The van der Waals surface area contributed by atoms with Gasteiger partial charge in [-0.2, -0.15) is 0 Å². The van der Waals surface area contributed by atoms with E-state index in [0.717, 1.165) is 73.2 Å². The molecule has 0 saturated carbocycles. The molecule has 7 aromatic carbocycles. The summed E-state index contributed by atoms with van der Waals surface area (Å²) in [6.07, 6.45) is 19.5. The number of fused-ring (bicyclic) bond motifs is 3. The van der Waals surface area contributed by atoms with Gasteiger partial charge in [0.2, 0.25) is 0 Å². The van der Waals surface area contributed by atoms with Crippen molar-refractivity contribution in [3.63, 3.8) is 0 Å². The minimum absolute atomic E-state index is 0.700. The molecule has 328 valence electrons. The number of aryl methyl sites for hydroxylation is 2. The first-order valence-corrected chi connectivity index (χ1v) is 23.0. The second kappa shape index (κ2) is 19.4. The Kier molecular flexibility index (Phi) is 12.7. The first-order chi connectivity index (χ1) is 32.9. The zero-order chi connectivity index (χ0) is 46.4. The molecule has 2 heterocycles. The topological polar surface area (TPSA) is 16.3 Å². The maximum Gasteiger partial charge on any atom is 0.0539 e. The molecule has 0 amide bonds. The largest absolute Gasteiger partial charge is 0.313 e. The molecule has 67 heavy (non-hydrogen) atoms. The van der Waals surface area contributed by atoms with E-state index in [1.165, 1.54) is 33.0 Å². The number of para-hydroxylation sites is 2. The molecule has 0 aliphatic heterocycles. The number of aromatic nitrogens is 2. The minimum atomic E-state index is 0.700. The highest BCUT2D eigenvalue weighted by Gasteiger charge is 2.21. The van der Waals surface area contributed by atoms with Crippen molar-refractivity contribution in [3.05, 3.63) is 266 Å². The molecule has 0 N–H and O–H groups in total. The molecule has 0 bridgehead atoms. The van der Waals surface area contributed by atoms with Gasteiger partial charge in [0.1, 0.15) is 0 Å². The van der Waals surface area contributed by atoms with Gasteiger partial charge in [0.25, 0.3) is 0 Å². The van der Waals surface area contributed by atoms with Crippen LogP contribution >= 0.6 is 0 Å². The Morgan fingerprint density at radius 1 is 0.567 bits per heavy atom. The summed E-state index contributed by atoms with van der Waals surface area (Å²) in [4.78, 5) is 4.70. The van der Waals surface area contributed by atoms with Crippen LogP contribution in [0.2, 0.25) is 0 Å². The lowest BCUT2D eigenvalue weighted by atomic mass is 10.0. The zero-order valence-electron chi connectivity index (χ0n) is 38.9. The Hall–Kier alpha value is -8.34. The standard InChI is InChI=1S/C63H56N4/c1-8-13-34-56-45(6)25-22-36-61(56)64(49(9-2)10-3)54-38-40-60-48(43-54)42-53(66(60)51-28-16-14-17-29-51)33-24-32-50(11-4)65(62-37-23-27-47-26-20-21-35-57(47)62)55-39-41-63-58(44-55)46(7)59(12-5)67(63)52-30-18-15-19-31-52/h8-32,34-44H,1-2,5,33H2,3-4,6-7H3/b32-24?,34-13-,49-10+,50-11+. The van der Waals surface area contributed by atoms with Gasteiger partial charge in [-0.05, 0) is 141 Å². The number of anilines is 4. The van der Waals surface area contributed by atoms with E-state index in [2.05, 4.69) is 261 Å². The lowest BCUT2D eigenvalue weighted by molar-refractivity contribution is 1.00. The van der Waals surface area contributed by atoms with Gasteiger partial charge in [-0.1, -0.05) is 141 Å². The SMILES string of the molecule is C=C/C=C\c1c(C)cccc1N(/C(C=C)=C/C)c1ccc2c(c1)cc(CC=C/C(=C\C)N(c1ccc3c(c1)c(C)c(C=C)n3-c1ccccc1)c1cccc3ccccc13)n2-c1ccccc1. The highest BCUT2D eigenvalue weighted by Crippen LogP contribution is 2.41. The Morgan fingerprint density at radius 3 is 1.90 bits per heavy atom. The van der Waals surface area contributed by atoms with Gasteiger partial charge in [0, 0.05) is 73.7 Å². The second-order valence-corrected chi connectivity index (χ2v) is 16.6. The van der Waals surface area contributed by atoms with Gasteiger partial charge < -0.3 is 18.9 Å². The third-order valence-corrected chi connectivity index (χ3v) is 12.7. The summed E-state index contributed by atoms with van der Waals surface area (Å²) in [5, 5.41) is 4.72. The quantitative estimate of drug-likeness (QED) is 0.0955. The van der Waals surface area contributed by atoms with Crippen LogP contribution in [0.3, 0.4) is 0 Å². The van der Waals surface area contributed by atoms with Crippen molar-refractivity contribution in [1.29, 1.82) is 0 Å². The Bertz CT molecular complexity index is 3420. The van der Waals surface area contributed by atoms with Gasteiger partial charge in [0.15, 0.2) is 0 Å². The summed E-state index contributed by atoms with van der Waals surface area (Å²) >= 11 is 0. The maximum absolute atomic E-state index is 4.24. The summed E-state index contributed by atoms with van der Waals surface area (Å²) in [5.74, 6) is 0. The van der Waals surface area contributed by atoms with E-state index < -0.39 is 0 Å². The predicted molar refractivity (Wildman–Crippen MR) is 291 cm³/mol. The molecular formula is C63H56N4. The number of rotatable bonds is 15. The average Bonchev–Trinajstić information content (AvgIpc) is 3.88. The fourth-order valence-corrected chi connectivity index (χ4v) is 9.56. The van der Waals surface area contributed by atoms with Crippen LogP contribution in [0.4, 0.5) is 22.7 Å². The van der Waals surface area contributed by atoms with E-state index in [9.17, 15) is 0 Å². The highest BCUT2D eigenvalue weighted by atomic mass is 15.2. The van der Waals surface area contributed by atoms with Gasteiger partial charge in [-0.25, -0.2) is 0 Å². The Balaban J connectivity index is 1.15. The Labute approximate surface area is 395 Å². The normalized spacial score (nSPS) is 12.2. The summed E-state index contributed by atoms with van der Waals surface area (Å²) in [7, 11) is 0. The molecule has 0 unspecified atom stereocenters. The fraction of sp³-hybridized carbons (Fsp3) is 0.0794. The van der Waals surface area contributed by atoms with E-state index >= 15 is 0 Å². The summed E-state index contributed by atoms with van der Waals surface area (Å²) in [6.45, 7) is 21.0. The zero-order valence-corrected chi connectivity index (χ0v) is 38.9. The predicted octanol–water partition coefficient (Wildman–Crippen LogP) is 17.3. The summed E-state index contributed by atoms with van der Waals surface area (Å²) in [5.41, 5.74) is 16.7. The molecule has 2 aromatic heterocycles. The number of hydrogen-bond donors (Lipinski definition) is 0. The van der Waals surface area contributed by atoms with Gasteiger partial charge in [0.05, 0.1) is 22.4 Å². The molecule has 0 aliphatic carbocycles. The van der Waals surface area contributed by atoms with E-state index in [4.69, 9.17) is 0 Å². The number of benzene rings is 7. The Morgan fingerprint density at radius 2 is 1.19 bits per heavy atom. The molecule has 4 nitrogen and oxygen atoms in total. The first kappa shape index (κ1) is 43.9. The highest BCUT2D eigenvalue weighted by molar-refractivity contribution is 6.00. The third-order valence-electron chi connectivity index (χ3n) is 12.7. The van der Waals surface area contributed by atoms with Crippen LogP contribution in [-0.4, -0.2) is 9.13 Å². The summed E-state index contributed by atoms with van der Waals surface area (Å²) in [6, 6.07) is 58.9. The molecular weight excluding hydrogens is 813 g/mol. The van der Waals surface area contributed by atoms with Gasteiger partial charge in [-0.3, -0.25) is 0 Å². The summed E-state index contributed by atoms with van der Waals surface area (Å²) < 4.78 is 4.71. The lowest BCUT2D eigenvalue weighted by Crippen LogP contribution is -2.16. The number of nitrogens with zero attached hydrogens (tertiary/aromatic N) is 4. The van der Waals surface area contributed by atoms with E-state index in [1.54, 1.807) is 0 Å². The van der Waals surface area contributed by atoms with Gasteiger partial charge in [-0.15, -0.1) is 0 Å². The molecule has 0 spiro atoms. The molecule has 0 saturated heterocycles. The van der Waals surface area contributed by atoms with Crippen molar-refractivity contribution in [2.45, 2.75) is 34.1 Å². The molecule has 9 rings (SSSR count). The molecule has 4 heteroatoms. The van der Waals surface area contributed by atoms with Crippen LogP contribution in [0, 0.1) is 13.8 Å². The second-order valence-electron chi connectivity index (χ2n) is 16.6. The van der Waals surface area contributed by atoms with Crippen molar-refractivity contribution in [2.24, 2.45) is 0 Å². The van der Waals surface area contributed by atoms with Gasteiger partial charge >= 0.3 is 0 Å². The lowest BCUT2D eigenvalue weighted by Gasteiger charge is -2.28. The minimum Gasteiger partial charge on any atom is -0.313 e. The van der Waals surface area contributed by atoms with Crippen LogP contribution in [0.5, 0.6) is 0 Å². The number of allylic oxidation sites excluding steroid dienone is 7. The maximum atomic E-state index is 4.24. The van der Waals surface area contributed by atoms with Crippen LogP contribution in [0.15, 0.2) is 237 Å². The van der Waals surface area contributed by atoms with E-state index in [-0.39, 0.29) is 0 Å². The molecule has 9 aromatic rings. The fourth-order valence-electron chi connectivity index (χ4n) is 9.56. The third kappa shape index (κ3) is 8.30. The molecule has 0 aliphatic rings. The monoisotopic (exact) mass is 868 g/mol. The molecule has 0 radical (unpaired) electrons.